The Kier molecular flexibility index (Phi) is 2.07. The first-order valence-corrected chi connectivity index (χ1v) is 4.58. The standard InChI is InChI=1S/C9H6BrFO2/c10-6-1-5-2-7(12)4-13-9(5)8(11)3-6/h1,3H,2,4H2. The van der Waals surface area contributed by atoms with Crippen LogP contribution in [0.4, 0.5) is 4.39 Å². The molecule has 4 heteroatoms. The third-order valence-corrected chi connectivity index (χ3v) is 2.31. The maximum atomic E-state index is 13.2. The number of carbonyl (C=O) groups is 1. The van der Waals surface area contributed by atoms with Crippen molar-refractivity contribution < 1.29 is 13.9 Å². The lowest BCUT2D eigenvalue weighted by atomic mass is 10.1. The second-order valence-electron chi connectivity index (χ2n) is 2.88. The van der Waals surface area contributed by atoms with Crippen molar-refractivity contribution in [3.05, 3.63) is 28.0 Å². The van der Waals surface area contributed by atoms with Crippen molar-refractivity contribution in [2.24, 2.45) is 0 Å². The molecule has 0 bridgehead atoms. The molecule has 0 amide bonds. The van der Waals surface area contributed by atoms with E-state index in [0.29, 0.717) is 10.0 Å². The molecule has 0 N–H and O–H groups in total. The lowest BCUT2D eigenvalue weighted by molar-refractivity contribution is -0.121. The van der Waals surface area contributed by atoms with E-state index in [-0.39, 0.29) is 24.6 Å². The predicted molar refractivity (Wildman–Crippen MR) is 48.3 cm³/mol. The van der Waals surface area contributed by atoms with Gasteiger partial charge in [-0.25, -0.2) is 4.39 Å². The number of carbonyl (C=O) groups excluding carboxylic acids is 1. The Bertz CT molecular complexity index is 376. The van der Waals surface area contributed by atoms with Crippen molar-refractivity contribution in [1.29, 1.82) is 0 Å². The fourth-order valence-corrected chi connectivity index (χ4v) is 1.80. The summed E-state index contributed by atoms with van der Waals surface area (Å²) in [5.74, 6) is -0.232. The lowest BCUT2D eigenvalue weighted by Crippen LogP contribution is -2.21. The number of hydrogen-bond donors (Lipinski definition) is 0. The molecule has 68 valence electrons. The Morgan fingerprint density at radius 3 is 3.00 bits per heavy atom. The van der Waals surface area contributed by atoms with Crippen LogP contribution in [-0.4, -0.2) is 12.4 Å². The number of rotatable bonds is 0. The van der Waals surface area contributed by atoms with Crippen LogP contribution in [0, 0.1) is 5.82 Å². The van der Waals surface area contributed by atoms with Gasteiger partial charge in [0.1, 0.15) is 6.61 Å². The zero-order valence-corrected chi connectivity index (χ0v) is 8.23. The molecule has 0 aliphatic carbocycles. The number of fused-ring (bicyclic) bond motifs is 1. The van der Waals surface area contributed by atoms with Crippen LogP contribution in [0.5, 0.6) is 5.75 Å². The van der Waals surface area contributed by atoms with Gasteiger partial charge in [0, 0.05) is 16.5 Å². The van der Waals surface area contributed by atoms with Gasteiger partial charge in [0.2, 0.25) is 0 Å². The number of ketones is 1. The van der Waals surface area contributed by atoms with Crippen LogP contribution in [0.3, 0.4) is 0 Å². The molecule has 1 aliphatic heterocycles. The van der Waals surface area contributed by atoms with Crippen LogP contribution >= 0.6 is 15.9 Å². The SMILES string of the molecule is O=C1COc2c(F)cc(Br)cc2C1. The van der Waals surface area contributed by atoms with Gasteiger partial charge in [-0.3, -0.25) is 4.79 Å². The van der Waals surface area contributed by atoms with Crippen molar-refractivity contribution in [1.82, 2.24) is 0 Å². The van der Waals surface area contributed by atoms with E-state index in [1.165, 1.54) is 6.07 Å². The fourth-order valence-electron chi connectivity index (χ4n) is 1.32. The van der Waals surface area contributed by atoms with Crippen LogP contribution in [0.25, 0.3) is 0 Å². The Hall–Kier alpha value is -0.900. The summed E-state index contributed by atoms with van der Waals surface area (Å²) in [6.45, 7) is -0.0223. The largest absolute Gasteiger partial charge is 0.482 e. The van der Waals surface area contributed by atoms with E-state index in [0.717, 1.165) is 0 Å². The predicted octanol–water partition coefficient (Wildman–Crippen LogP) is 2.09. The molecule has 13 heavy (non-hydrogen) atoms. The number of hydrogen-bond acceptors (Lipinski definition) is 2. The normalized spacial score (nSPS) is 15.1. The fraction of sp³-hybridized carbons (Fsp3) is 0.222. The molecule has 0 aromatic heterocycles. The van der Waals surface area contributed by atoms with Crippen molar-refractivity contribution in [3.63, 3.8) is 0 Å². The molecule has 2 nitrogen and oxygen atoms in total. The van der Waals surface area contributed by atoms with Gasteiger partial charge in [-0.2, -0.15) is 0 Å². The molecule has 0 saturated carbocycles. The first-order valence-electron chi connectivity index (χ1n) is 3.79. The molecule has 0 fully saturated rings. The van der Waals surface area contributed by atoms with E-state index < -0.39 is 5.82 Å². The highest BCUT2D eigenvalue weighted by atomic mass is 79.9. The van der Waals surface area contributed by atoms with E-state index >= 15 is 0 Å². The average molecular weight is 245 g/mol. The number of halogens is 2. The zero-order chi connectivity index (χ0) is 9.42. The molecule has 1 aliphatic rings. The molecule has 0 saturated heterocycles. The average Bonchev–Trinajstić information content (AvgIpc) is 2.02. The Labute approximate surface area is 82.8 Å². The number of Topliss-reactive ketones (excluding diaryl/α,β-unsaturated/α-hetero) is 1. The highest BCUT2D eigenvalue weighted by molar-refractivity contribution is 9.10. The second kappa shape index (κ2) is 3.10. The first-order chi connectivity index (χ1) is 6.16. The van der Waals surface area contributed by atoms with Gasteiger partial charge in [0.15, 0.2) is 17.3 Å². The van der Waals surface area contributed by atoms with Gasteiger partial charge in [-0.15, -0.1) is 0 Å². The summed E-state index contributed by atoms with van der Waals surface area (Å²) in [4.78, 5) is 11.0. The van der Waals surface area contributed by atoms with E-state index in [1.54, 1.807) is 6.07 Å². The second-order valence-corrected chi connectivity index (χ2v) is 3.80. The van der Waals surface area contributed by atoms with Crippen LogP contribution < -0.4 is 4.74 Å². The van der Waals surface area contributed by atoms with Crippen molar-refractivity contribution in [3.8, 4) is 5.75 Å². The number of benzene rings is 1. The van der Waals surface area contributed by atoms with Gasteiger partial charge in [-0.05, 0) is 12.1 Å². The quantitative estimate of drug-likeness (QED) is 0.699. The molecular formula is C9H6BrFO2. The van der Waals surface area contributed by atoms with Crippen molar-refractivity contribution in [2.75, 3.05) is 6.61 Å². The van der Waals surface area contributed by atoms with Gasteiger partial charge >= 0.3 is 0 Å². The monoisotopic (exact) mass is 244 g/mol. The summed E-state index contributed by atoms with van der Waals surface area (Å²) in [7, 11) is 0. The highest BCUT2D eigenvalue weighted by Crippen LogP contribution is 2.30. The van der Waals surface area contributed by atoms with Crippen LogP contribution in [0.15, 0.2) is 16.6 Å². The summed E-state index contributed by atoms with van der Waals surface area (Å²) in [5.41, 5.74) is 0.614. The highest BCUT2D eigenvalue weighted by Gasteiger charge is 2.20. The first kappa shape index (κ1) is 8.69. The third-order valence-electron chi connectivity index (χ3n) is 1.85. The lowest BCUT2D eigenvalue weighted by Gasteiger charge is -2.16. The molecule has 0 unspecified atom stereocenters. The van der Waals surface area contributed by atoms with Gasteiger partial charge < -0.3 is 4.74 Å². The van der Waals surface area contributed by atoms with E-state index in [4.69, 9.17) is 4.74 Å². The Balaban J connectivity index is 2.53. The maximum absolute atomic E-state index is 13.2. The summed E-state index contributed by atoms with van der Waals surface area (Å²) >= 11 is 3.15. The smallest absolute Gasteiger partial charge is 0.174 e. The van der Waals surface area contributed by atoms with Crippen LogP contribution in [0.2, 0.25) is 0 Å². The molecule has 1 aromatic rings. The summed E-state index contributed by atoms with van der Waals surface area (Å²) < 4.78 is 18.8. The molecule has 0 atom stereocenters. The van der Waals surface area contributed by atoms with Crippen LogP contribution in [0.1, 0.15) is 5.56 Å². The Morgan fingerprint density at radius 1 is 1.46 bits per heavy atom. The minimum absolute atomic E-state index is 0.0223. The van der Waals surface area contributed by atoms with Gasteiger partial charge in [0.25, 0.3) is 0 Å². The van der Waals surface area contributed by atoms with E-state index in [9.17, 15) is 9.18 Å². The minimum atomic E-state index is -0.420. The zero-order valence-electron chi connectivity index (χ0n) is 6.64. The number of ether oxygens (including phenoxy) is 1. The minimum Gasteiger partial charge on any atom is -0.482 e. The van der Waals surface area contributed by atoms with Crippen molar-refractivity contribution in [2.45, 2.75) is 6.42 Å². The Morgan fingerprint density at radius 2 is 2.23 bits per heavy atom. The molecule has 0 radical (unpaired) electrons. The van der Waals surface area contributed by atoms with Crippen LogP contribution in [-0.2, 0) is 11.2 Å². The molecule has 1 heterocycles. The van der Waals surface area contributed by atoms with Crippen molar-refractivity contribution >= 4 is 21.7 Å². The van der Waals surface area contributed by atoms with Gasteiger partial charge in [0.05, 0.1) is 0 Å². The summed E-state index contributed by atoms with van der Waals surface area (Å²) in [6, 6.07) is 3.03. The molecular weight excluding hydrogens is 239 g/mol. The molecule has 1 aromatic carbocycles. The summed E-state index contributed by atoms with van der Waals surface area (Å²) in [6.07, 6.45) is 0.256. The van der Waals surface area contributed by atoms with Gasteiger partial charge in [-0.1, -0.05) is 15.9 Å². The van der Waals surface area contributed by atoms with E-state index in [1.807, 2.05) is 0 Å². The topological polar surface area (TPSA) is 26.3 Å². The molecule has 2 rings (SSSR count). The maximum Gasteiger partial charge on any atom is 0.174 e. The molecule has 0 spiro atoms. The summed E-state index contributed by atoms with van der Waals surface area (Å²) in [5, 5.41) is 0. The third kappa shape index (κ3) is 1.58. The van der Waals surface area contributed by atoms with E-state index in [2.05, 4.69) is 15.9 Å².